The number of carbonyl (C=O) groups excluding carboxylic acids is 2. The van der Waals surface area contributed by atoms with Gasteiger partial charge in [0.15, 0.2) is 12.4 Å². The summed E-state index contributed by atoms with van der Waals surface area (Å²) in [6.45, 7) is 7.89. The van der Waals surface area contributed by atoms with Gasteiger partial charge in [-0.15, -0.1) is 0 Å². The van der Waals surface area contributed by atoms with Crippen LogP contribution >= 0.6 is 0 Å². The molecule has 1 aliphatic rings. The topological polar surface area (TPSA) is 112 Å². The summed E-state index contributed by atoms with van der Waals surface area (Å²) in [7, 11) is -1.77. The minimum Gasteiger partial charge on any atom is -0.459 e. The standard InChI is InChI=1S/C25H32O8Si/c1-16(34(2,3)4)31-25-21(27)22(33-24(29)18-13-9-6-10-14-18)20(26)19(32-25)15-30-23(28)17-11-7-5-8-12-17/h5-14,16,19-22,25-27H,15H2,1-4H3/t16?,19-,20+,21-,22+,25?/m1/s1. The fourth-order valence-electron chi connectivity index (χ4n) is 3.28. The summed E-state index contributed by atoms with van der Waals surface area (Å²) in [5.41, 5.74) is 0.411. The maximum Gasteiger partial charge on any atom is 0.338 e. The molecule has 6 atom stereocenters. The van der Waals surface area contributed by atoms with Gasteiger partial charge in [0.05, 0.1) is 19.2 Å². The average molecular weight is 489 g/mol. The maximum atomic E-state index is 12.6. The zero-order valence-electron chi connectivity index (χ0n) is 19.8. The number of benzene rings is 2. The Hall–Kier alpha value is -2.56. The van der Waals surface area contributed by atoms with Crippen LogP contribution in [0.25, 0.3) is 0 Å². The lowest BCUT2D eigenvalue weighted by Gasteiger charge is -2.43. The molecule has 2 aromatic rings. The van der Waals surface area contributed by atoms with Gasteiger partial charge in [-0.3, -0.25) is 0 Å². The van der Waals surface area contributed by atoms with Crippen LogP contribution < -0.4 is 0 Å². The summed E-state index contributed by atoms with van der Waals surface area (Å²) >= 11 is 0. The van der Waals surface area contributed by atoms with E-state index in [9.17, 15) is 19.8 Å². The molecule has 8 nitrogen and oxygen atoms in total. The van der Waals surface area contributed by atoms with Crippen molar-refractivity contribution in [3.63, 3.8) is 0 Å². The molecule has 3 rings (SSSR count). The number of hydrogen-bond donors (Lipinski definition) is 2. The predicted octanol–water partition coefficient (Wildman–Crippen LogP) is 2.80. The highest BCUT2D eigenvalue weighted by Gasteiger charge is 2.49. The van der Waals surface area contributed by atoms with Gasteiger partial charge < -0.3 is 29.2 Å². The van der Waals surface area contributed by atoms with Crippen LogP contribution in [0.15, 0.2) is 60.7 Å². The van der Waals surface area contributed by atoms with Crippen molar-refractivity contribution in [1.29, 1.82) is 0 Å². The van der Waals surface area contributed by atoms with Crippen molar-refractivity contribution in [2.24, 2.45) is 0 Å². The number of rotatable bonds is 8. The number of aliphatic hydroxyl groups excluding tert-OH is 2. The molecule has 184 valence electrons. The van der Waals surface area contributed by atoms with E-state index in [0.717, 1.165) is 0 Å². The number of ether oxygens (including phenoxy) is 4. The molecule has 0 bridgehead atoms. The minimum absolute atomic E-state index is 0.208. The van der Waals surface area contributed by atoms with Gasteiger partial charge >= 0.3 is 11.9 Å². The molecule has 0 aliphatic carbocycles. The SMILES string of the molecule is CC(OC1O[C@H](COC(=O)c2ccccc2)[C@H](O)[C@H](OC(=O)c2ccccc2)[C@H]1O)[Si](C)(C)C. The lowest BCUT2D eigenvalue weighted by Crippen LogP contribution is -2.62. The first-order chi connectivity index (χ1) is 16.1. The van der Waals surface area contributed by atoms with Gasteiger partial charge in [0, 0.05) is 5.73 Å². The van der Waals surface area contributed by atoms with E-state index in [2.05, 4.69) is 19.6 Å². The van der Waals surface area contributed by atoms with E-state index >= 15 is 0 Å². The molecule has 1 saturated heterocycles. The molecular formula is C25H32O8Si. The van der Waals surface area contributed by atoms with Gasteiger partial charge in [-0.25, -0.2) is 9.59 Å². The van der Waals surface area contributed by atoms with Crippen molar-refractivity contribution in [2.45, 2.75) is 63.0 Å². The zero-order valence-corrected chi connectivity index (χ0v) is 20.8. The first kappa shape index (κ1) is 26.0. The second-order valence-corrected chi connectivity index (χ2v) is 14.9. The van der Waals surface area contributed by atoms with Crippen LogP contribution in [0.4, 0.5) is 0 Å². The Labute approximate surface area is 200 Å². The highest BCUT2D eigenvalue weighted by Crippen LogP contribution is 2.28. The Kier molecular flexibility index (Phi) is 8.61. The second kappa shape index (κ2) is 11.2. The smallest absolute Gasteiger partial charge is 0.338 e. The van der Waals surface area contributed by atoms with Crippen molar-refractivity contribution in [1.82, 2.24) is 0 Å². The Morgan fingerprint density at radius 2 is 1.44 bits per heavy atom. The first-order valence-electron chi connectivity index (χ1n) is 11.2. The van der Waals surface area contributed by atoms with Crippen LogP contribution in [0.1, 0.15) is 27.6 Å². The van der Waals surface area contributed by atoms with Gasteiger partial charge in [-0.1, -0.05) is 56.0 Å². The second-order valence-electron chi connectivity index (χ2n) is 9.37. The number of carbonyl (C=O) groups is 2. The molecule has 0 aromatic heterocycles. The molecule has 1 fully saturated rings. The van der Waals surface area contributed by atoms with Crippen LogP contribution in [0, 0.1) is 0 Å². The number of aliphatic hydroxyl groups is 2. The Balaban J connectivity index is 1.77. The molecule has 2 N–H and O–H groups in total. The molecule has 0 spiro atoms. The summed E-state index contributed by atoms with van der Waals surface area (Å²) < 4.78 is 22.6. The molecule has 2 aromatic carbocycles. The third kappa shape index (κ3) is 6.52. The molecule has 34 heavy (non-hydrogen) atoms. The molecule has 1 heterocycles. The van der Waals surface area contributed by atoms with Crippen molar-refractivity contribution in [3.05, 3.63) is 71.8 Å². The van der Waals surface area contributed by atoms with Crippen LogP contribution in [-0.4, -0.2) is 73.3 Å². The lowest BCUT2D eigenvalue weighted by atomic mass is 9.98. The third-order valence-corrected chi connectivity index (χ3v) is 8.42. The quantitative estimate of drug-likeness (QED) is 0.431. The molecule has 2 unspecified atom stereocenters. The van der Waals surface area contributed by atoms with E-state index in [1.54, 1.807) is 60.7 Å². The summed E-state index contributed by atoms with van der Waals surface area (Å²) in [6.07, 6.45) is -6.50. The average Bonchev–Trinajstić information content (AvgIpc) is 2.82. The Bertz CT molecular complexity index is 946. The highest BCUT2D eigenvalue weighted by atomic mass is 28.3. The molecule has 0 saturated carbocycles. The third-order valence-electron chi connectivity index (χ3n) is 5.84. The van der Waals surface area contributed by atoms with Crippen molar-refractivity contribution < 1.29 is 38.7 Å². The van der Waals surface area contributed by atoms with E-state index in [1.807, 2.05) is 6.92 Å². The molecule has 9 heteroatoms. The number of hydrogen-bond acceptors (Lipinski definition) is 8. The summed E-state index contributed by atoms with van der Waals surface area (Å²) in [5.74, 6) is -1.30. The molecular weight excluding hydrogens is 456 g/mol. The van der Waals surface area contributed by atoms with E-state index in [0.29, 0.717) is 5.56 Å². The fraction of sp³-hybridized carbons (Fsp3) is 0.440. The van der Waals surface area contributed by atoms with Crippen molar-refractivity contribution in [3.8, 4) is 0 Å². The van der Waals surface area contributed by atoms with E-state index in [-0.39, 0.29) is 17.9 Å². The normalized spacial score (nSPS) is 25.9. The lowest BCUT2D eigenvalue weighted by molar-refractivity contribution is -0.303. The van der Waals surface area contributed by atoms with Crippen LogP contribution in [0.2, 0.25) is 19.6 Å². The van der Waals surface area contributed by atoms with Gasteiger partial charge in [-0.2, -0.15) is 0 Å². The van der Waals surface area contributed by atoms with Crippen LogP contribution in [0.5, 0.6) is 0 Å². The summed E-state index contributed by atoms with van der Waals surface area (Å²) in [4.78, 5) is 25.0. The monoisotopic (exact) mass is 488 g/mol. The first-order valence-corrected chi connectivity index (χ1v) is 14.8. The predicted molar refractivity (Wildman–Crippen MR) is 127 cm³/mol. The van der Waals surface area contributed by atoms with Gasteiger partial charge in [0.1, 0.15) is 24.9 Å². The zero-order chi connectivity index (χ0) is 24.9. The van der Waals surface area contributed by atoms with E-state index < -0.39 is 50.7 Å². The van der Waals surface area contributed by atoms with Gasteiger partial charge in [0.25, 0.3) is 0 Å². The van der Waals surface area contributed by atoms with Crippen molar-refractivity contribution >= 4 is 20.0 Å². The van der Waals surface area contributed by atoms with Crippen LogP contribution in [0.3, 0.4) is 0 Å². The van der Waals surface area contributed by atoms with E-state index in [4.69, 9.17) is 18.9 Å². The Morgan fingerprint density at radius 1 is 0.912 bits per heavy atom. The van der Waals surface area contributed by atoms with E-state index in [1.165, 1.54) is 0 Å². The van der Waals surface area contributed by atoms with Crippen LogP contribution in [-0.2, 0) is 18.9 Å². The molecule has 0 radical (unpaired) electrons. The van der Waals surface area contributed by atoms with Gasteiger partial charge in [0.2, 0.25) is 0 Å². The summed E-state index contributed by atoms with van der Waals surface area (Å²) in [6, 6.07) is 16.7. The molecule has 0 amide bonds. The van der Waals surface area contributed by atoms with Gasteiger partial charge in [-0.05, 0) is 31.2 Å². The number of esters is 2. The van der Waals surface area contributed by atoms with Crippen molar-refractivity contribution in [2.75, 3.05) is 6.61 Å². The fourth-order valence-corrected chi connectivity index (χ4v) is 3.82. The Morgan fingerprint density at radius 3 is 1.97 bits per heavy atom. The maximum absolute atomic E-state index is 12.6. The highest BCUT2D eigenvalue weighted by molar-refractivity contribution is 6.77. The minimum atomic E-state index is -1.77. The summed E-state index contributed by atoms with van der Waals surface area (Å²) in [5, 5.41) is 21.8. The largest absolute Gasteiger partial charge is 0.459 e. The molecule has 1 aliphatic heterocycles.